The summed E-state index contributed by atoms with van der Waals surface area (Å²) in [5.74, 6) is 0.465. The molecule has 0 amide bonds. The molecule has 1 aliphatic heterocycles. The van der Waals surface area contributed by atoms with E-state index in [0.29, 0.717) is 11.9 Å². The molecular weight excluding hydrogens is 180 g/mol. The Balaban J connectivity index is 1.84. The van der Waals surface area contributed by atoms with Gasteiger partial charge in [0, 0.05) is 26.7 Å². The van der Waals surface area contributed by atoms with Gasteiger partial charge < -0.3 is 10.5 Å². The van der Waals surface area contributed by atoms with Crippen LogP contribution in [0.4, 0.5) is 5.82 Å². The number of methoxy groups -OCH3 is 1. The monoisotopic (exact) mass is 194 g/mol. The average Bonchev–Trinajstić information content (AvgIpc) is 2.13. The SMILES string of the molecule is COC1CN(Cc2ccc(N)nn2)C1. The zero-order valence-corrected chi connectivity index (χ0v) is 8.18. The molecule has 1 saturated heterocycles. The largest absolute Gasteiger partial charge is 0.382 e. The van der Waals surface area contributed by atoms with Gasteiger partial charge in [-0.15, -0.1) is 5.10 Å². The molecular formula is C9H14N4O. The summed E-state index contributed by atoms with van der Waals surface area (Å²) in [7, 11) is 1.74. The zero-order chi connectivity index (χ0) is 9.97. The number of likely N-dealkylation sites (tertiary alicyclic amines) is 1. The van der Waals surface area contributed by atoms with Crippen molar-refractivity contribution in [3.05, 3.63) is 17.8 Å². The first-order valence-electron chi connectivity index (χ1n) is 4.61. The number of rotatable bonds is 3. The first-order chi connectivity index (χ1) is 6.78. The average molecular weight is 194 g/mol. The number of nitrogens with zero attached hydrogens (tertiary/aromatic N) is 3. The highest BCUT2D eigenvalue weighted by Crippen LogP contribution is 2.13. The number of hydrogen-bond donors (Lipinski definition) is 1. The summed E-state index contributed by atoms with van der Waals surface area (Å²) >= 11 is 0. The van der Waals surface area contributed by atoms with Crippen LogP contribution in [0.1, 0.15) is 5.69 Å². The summed E-state index contributed by atoms with van der Waals surface area (Å²) in [6, 6.07) is 3.68. The fourth-order valence-corrected chi connectivity index (χ4v) is 1.48. The highest BCUT2D eigenvalue weighted by Gasteiger charge is 2.26. The number of nitrogen functional groups attached to an aromatic ring is 1. The molecule has 0 aliphatic carbocycles. The molecule has 5 heteroatoms. The van der Waals surface area contributed by atoms with Gasteiger partial charge in [-0.05, 0) is 12.1 Å². The third kappa shape index (κ3) is 2.00. The maximum Gasteiger partial charge on any atom is 0.146 e. The molecule has 14 heavy (non-hydrogen) atoms. The molecule has 0 atom stereocenters. The lowest BCUT2D eigenvalue weighted by Gasteiger charge is -2.37. The molecule has 1 aromatic heterocycles. The van der Waals surface area contributed by atoms with E-state index in [1.54, 1.807) is 13.2 Å². The van der Waals surface area contributed by atoms with Crippen molar-refractivity contribution < 1.29 is 4.74 Å². The van der Waals surface area contributed by atoms with E-state index >= 15 is 0 Å². The van der Waals surface area contributed by atoms with Gasteiger partial charge in [-0.2, -0.15) is 5.10 Å². The predicted molar refractivity (Wildman–Crippen MR) is 52.5 cm³/mol. The summed E-state index contributed by atoms with van der Waals surface area (Å²) in [4.78, 5) is 2.26. The van der Waals surface area contributed by atoms with Gasteiger partial charge in [0.15, 0.2) is 0 Å². The quantitative estimate of drug-likeness (QED) is 0.727. The van der Waals surface area contributed by atoms with Crippen LogP contribution < -0.4 is 5.73 Å². The fraction of sp³-hybridized carbons (Fsp3) is 0.556. The molecule has 0 spiro atoms. The maximum absolute atomic E-state index is 5.44. The van der Waals surface area contributed by atoms with Crippen LogP contribution in [0.5, 0.6) is 0 Å². The summed E-state index contributed by atoms with van der Waals surface area (Å²) in [6.07, 6.45) is 0.386. The molecule has 5 nitrogen and oxygen atoms in total. The Bertz CT molecular complexity index is 294. The Hall–Kier alpha value is -1.20. The highest BCUT2D eigenvalue weighted by molar-refractivity contribution is 5.25. The molecule has 0 radical (unpaired) electrons. The normalized spacial score (nSPS) is 18.1. The lowest BCUT2D eigenvalue weighted by Crippen LogP contribution is -2.51. The van der Waals surface area contributed by atoms with Crippen LogP contribution in [0, 0.1) is 0 Å². The van der Waals surface area contributed by atoms with E-state index in [2.05, 4.69) is 15.1 Å². The van der Waals surface area contributed by atoms with Crippen LogP contribution in [0.25, 0.3) is 0 Å². The minimum absolute atomic E-state index is 0.386. The molecule has 1 aromatic rings. The highest BCUT2D eigenvalue weighted by atomic mass is 16.5. The number of nitrogens with two attached hydrogens (primary N) is 1. The molecule has 0 unspecified atom stereocenters. The van der Waals surface area contributed by atoms with Gasteiger partial charge in [-0.25, -0.2) is 0 Å². The maximum atomic E-state index is 5.44. The van der Waals surface area contributed by atoms with Crippen molar-refractivity contribution in [3.8, 4) is 0 Å². The second-order valence-electron chi connectivity index (χ2n) is 3.50. The molecule has 2 N–H and O–H groups in total. The minimum Gasteiger partial charge on any atom is -0.382 e. The van der Waals surface area contributed by atoms with E-state index in [0.717, 1.165) is 25.3 Å². The van der Waals surface area contributed by atoms with Gasteiger partial charge in [-0.1, -0.05) is 0 Å². The molecule has 1 fully saturated rings. The minimum atomic E-state index is 0.386. The standard InChI is InChI=1S/C9H14N4O/c1-14-8-5-13(6-8)4-7-2-3-9(10)12-11-7/h2-3,8H,4-6H2,1H3,(H2,10,12). The van der Waals surface area contributed by atoms with Crippen molar-refractivity contribution in [2.24, 2.45) is 0 Å². The fourth-order valence-electron chi connectivity index (χ4n) is 1.48. The zero-order valence-electron chi connectivity index (χ0n) is 8.18. The topological polar surface area (TPSA) is 64.3 Å². The predicted octanol–water partition coefficient (Wildman–Crippen LogP) is -0.111. The van der Waals surface area contributed by atoms with Crippen LogP contribution in [-0.4, -0.2) is 41.4 Å². The van der Waals surface area contributed by atoms with Gasteiger partial charge in [0.1, 0.15) is 5.82 Å². The van der Waals surface area contributed by atoms with Crippen molar-refractivity contribution in [1.29, 1.82) is 0 Å². The molecule has 0 aromatic carbocycles. The Morgan fingerprint density at radius 3 is 2.86 bits per heavy atom. The van der Waals surface area contributed by atoms with E-state index < -0.39 is 0 Å². The van der Waals surface area contributed by atoms with Gasteiger partial charge in [0.25, 0.3) is 0 Å². The molecule has 0 saturated carbocycles. The number of ether oxygens (including phenoxy) is 1. The molecule has 1 aliphatic rings. The van der Waals surface area contributed by atoms with Crippen molar-refractivity contribution >= 4 is 5.82 Å². The third-order valence-corrected chi connectivity index (χ3v) is 2.38. The van der Waals surface area contributed by atoms with Crippen LogP contribution >= 0.6 is 0 Å². The summed E-state index contributed by atoms with van der Waals surface area (Å²) < 4.78 is 5.18. The van der Waals surface area contributed by atoms with Crippen LogP contribution in [0.2, 0.25) is 0 Å². The van der Waals surface area contributed by atoms with E-state index in [4.69, 9.17) is 10.5 Å². The van der Waals surface area contributed by atoms with Gasteiger partial charge in [-0.3, -0.25) is 4.90 Å². The van der Waals surface area contributed by atoms with Crippen molar-refractivity contribution in [2.75, 3.05) is 25.9 Å². The first kappa shape index (κ1) is 9.36. The Morgan fingerprint density at radius 2 is 2.29 bits per heavy atom. The van der Waals surface area contributed by atoms with Crippen molar-refractivity contribution in [2.45, 2.75) is 12.6 Å². The summed E-state index contributed by atoms with van der Waals surface area (Å²) in [5.41, 5.74) is 6.39. The lowest BCUT2D eigenvalue weighted by atomic mass is 10.1. The number of anilines is 1. The van der Waals surface area contributed by atoms with Crippen molar-refractivity contribution in [3.63, 3.8) is 0 Å². The van der Waals surface area contributed by atoms with Crippen LogP contribution in [0.15, 0.2) is 12.1 Å². The summed E-state index contributed by atoms with van der Waals surface area (Å²) in [6.45, 7) is 2.78. The smallest absolute Gasteiger partial charge is 0.146 e. The Labute approximate surface area is 82.9 Å². The van der Waals surface area contributed by atoms with Gasteiger partial charge in [0.2, 0.25) is 0 Å². The van der Waals surface area contributed by atoms with E-state index in [1.807, 2.05) is 6.07 Å². The van der Waals surface area contributed by atoms with Gasteiger partial charge in [0.05, 0.1) is 11.8 Å². The van der Waals surface area contributed by atoms with E-state index in [9.17, 15) is 0 Å². The molecule has 76 valence electrons. The second kappa shape index (κ2) is 3.89. The van der Waals surface area contributed by atoms with Crippen LogP contribution in [-0.2, 0) is 11.3 Å². The van der Waals surface area contributed by atoms with E-state index in [-0.39, 0.29) is 0 Å². The molecule has 0 bridgehead atoms. The Morgan fingerprint density at radius 1 is 1.50 bits per heavy atom. The Kier molecular flexibility index (Phi) is 2.60. The van der Waals surface area contributed by atoms with Gasteiger partial charge >= 0.3 is 0 Å². The first-order valence-corrected chi connectivity index (χ1v) is 4.61. The number of hydrogen-bond acceptors (Lipinski definition) is 5. The van der Waals surface area contributed by atoms with Crippen molar-refractivity contribution in [1.82, 2.24) is 15.1 Å². The van der Waals surface area contributed by atoms with Crippen LogP contribution in [0.3, 0.4) is 0 Å². The number of aromatic nitrogens is 2. The summed E-state index contributed by atoms with van der Waals surface area (Å²) in [5, 5.41) is 7.79. The molecule has 2 heterocycles. The molecule has 2 rings (SSSR count). The second-order valence-corrected chi connectivity index (χ2v) is 3.50. The third-order valence-electron chi connectivity index (χ3n) is 2.38. The van der Waals surface area contributed by atoms with E-state index in [1.165, 1.54) is 0 Å². The lowest BCUT2D eigenvalue weighted by molar-refractivity contribution is -0.0340.